The zero-order chi connectivity index (χ0) is 11.7. The fourth-order valence-electron chi connectivity index (χ4n) is 1.27. The van der Waals surface area contributed by atoms with E-state index in [1.54, 1.807) is 6.07 Å². The highest BCUT2D eigenvalue weighted by atomic mass is 79.9. The van der Waals surface area contributed by atoms with Crippen LogP contribution in [0.3, 0.4) is 0 Å². The van der Waals surface area contributed by atoms with Crippen molar-refractivity contribution >= 4 is 33.5 Å². The fourth-order valence-corrected chi connectivity index (χ4v) is 1.85. The van der Waals surface area contributed by atoms with Crippen LogP contribution in [0.4, 0.5) is 10.3 Å². The van der Waals surface area contributed by atoms with Crippen LogP contribution in [0, 0.1) is 5.82 Å². The third kappa shape index (κ3) is 2.33. The normalized spacial score (nSPS) is 10.7. The maximum Gasteiger partial charge on any atom is 0.240 e. The third-order valence-electron chi connectivity index (χ3n) is 1.97. The molecule has 0 aliphatic carbocycles. The highest BCUT2D eigenvalue weighted by Crippen LogP contribution is 2.17. The van der Waals surface area contributed by atoms with Gasteiger partial charge >= 0.3 is 0 Å². The largest absolute Gasteiger partial charge is 0.366 e. The summed E-state index contributed by atoms with van der Waals surface area (Å²) in [6.07, 6.45) is 0. The monoisotopic (exact) mass is 304 g/mol. The van der Waals surface area contributed by atoms with Crippen molar-refractivity contribution in [2.45, 2.75) is 6.54 Å². The molecule has 0 saturated carbocycles. The second-order valence-corrected chi connectivity index (χ2v) is 4.28. The SMILES string of the molecule is Nc1nc(Br)n(Cc2cc(Cl)ccc2F)n1. The molecule has 0 unspecified atom stereocenters. The first-order valence-corrected chi connectivity index (χ1v) is 5.53. The van der Waals surface area contributed by atoms with E-state index in [-0.39, 0.29) is 18.3 Å². The Morgan fingerprint density at radius 1 is 1.50 bits per heavy atom. The number of hydrogen-bond donors (Lipinski definition) is 1. The minimum atomic E-state index is -0.342. The van der Waals surface area contributed by atoms with E-state index >= 15 is 0 Å². The van der Waals surface area contributed by atoms with Gasteiger partial charge in [0.15, 0.2) is 4.73 Å². The van der Waals surface area contributed by atoms with Crippen LogP contribution in [0.1, 0.15) is 5.56 Å². The average molecular weight is 306 g/mol. The molecule has 7 heteroatoms. The van der Waals surface area contributed by atoms with Gasteiger partial charge in [0, 0.05) is 10.6 Å². The lowest BCUT2D eigenvalue weighted by Crippen LogP contribution is -2.04. The first-order chi connectivity index (χ1) is 7.56. The summed E-state index contributed by atoms with van der Waals surface area (Å²) in [7, 11) is 0. The Kier molecular flexibility index (Phi) is 3.11. The molecular formula is C9H7BrClFN4. The van der Waals surface area contributed by atoms with E-state index in [0.29, 0.717) is 15.3 Å². The molecular weight excluding hydrogens is 298 g/mol. The first kappa shape index (κ1) is 11.3. The Hall–Kier alpha value is -1.14. The van der Waals surface area contributed by atoms with Crippen LogP contribution in [0.5, 0.6) is 0 Å². The molecule has 0 saturated heterocycles. The lowest BCUT2D eigenvalue weighted by molar-refractivity contribution is 0.581. The summed E-state index contributed by atoms with van der Waals surface area (Å²) in [5.74, 6) is -0.209. The highest BCUT2D eigenvalue weighted by molar-refractivity contribution is 9.10. The van der Waals surface area contributed by atoms with Gasteiger partial charge < -0.3 is 5.73 Å². The molecule has 0 fully saturated rings. The van der Waals surface area contributed by atoms with Gasteiger partial charge in [-0.2, -0.15) is 4.98 Å². The number of anilines is 1. The number of nitrogen functional groups attached to an aromatic ring is 1. The van der Waals surface area contributed by atoms with Crippen molar-refractivity contribution in [1.82, 2.24) is 14.8 Å². The summed E-state index contributed by atoms with van der Waals surface area (Å²) in [6, 6.07) is 4.35. The molecule has 1 heterocycles. The molecule has 0 spiro atoms. The minimum absolute atomic E-state index is 0.134. The van der Waals surface area contributed by atoms with Gasteiger partial charge in [0.2, 0.25) is 5.95 Å². The van der Waals surface area contributed by atoms with E-state index in [1.165, 1.54) is 16.8 Å². The quantitative estimate of drug-likeness (QED) is 0.927. The zero-order valence-electron chi connectivity index (χ0n) is 7.99. The minimum Gasteiger partial charge on any atom is -0.366 e. The molecule has 2 N–H and O–H groups in total. The van der Waals surface area contributed by atoms with Crippen LogP contribution in [0.15, 0.2) is 22.9 Å². The van der Waals surface area contributed by atoms with Crippen molar-refractivity contribution in [3.63, 3.8) is 0 Å². The van der Waals surface area contributed by atoms with Crippen LogP contribution in [0.2, 0.25) is 5.02 Å². The maximum atomic E-state index is 13.4. The Balaban J connectivity index is 2.33. The van der Waals surface area contributed by atoms with Crippen molar-refractivity contribution in [2.75, 3.05) is 5.73 Å². The summed E-state index contributed by atoms with van der Waals surface area (Å²) in [5, 5.41) is 4.38. The van der Waals surface area contributed by atoms with Crippen molar-refractivity contribution < 1.29 is 4.39 Å². The van der Waals surface area contributed by atoms with E-state index in [2.05, 4.69) is 26.0 Å². The van der Waals surface area contributed by atoms with Crippen molar-refractivity contribution in [2.24, 2.45) is 0 Å². The Morgan fingerprint density at radius 3 is 2.88 bits per heavy atom. The molecule has 0 bridgehead atoms. The zero-order valence-corrected chi connectivity index (χ0v) is 10.3. The molecule has 2 rings (SSSR count). The number of nitrogens with zero attached hydrogens (tertiary/aromatic N) is 3. The lowest BCUT2D eigenvalue weighted by Gasteiger charge is -2.04. The fraction of sp³-hybridized carbons (Fsp3) is 0.111. The van der Waals surface area contributed by atoms with E-state index in [9.17, 15) is 4.39 Å². The number of halogens is 3. The summed E-state index contributed by atoms with van der Waals surface area (Å²) in [6.45, 7) is 0.219. The molecule has 1 aromatic carbocycles. The maximum absolute atomic E-state index is 13.4. The summed E-state index contributed by atoms with van der Waals surface area (Å²) in [4.78, 5) is 3.85. The number of rotatable bonds is 2. The van der Waals surface area contributed by atoms with E-state index in [1.807, 2.05) is 0 Å². The van der Waals surface area contributed by atoms with Crippen molar-refractivity contribution in [1.29, 1.82) is 0 Å². The van der Waals surface area contributed by atoms with Crippen molar-refractivity contribution in [3.05, 3.63) is 39.3 Å². The highest BCUT2D eigenvalue weighted by Gasteiger charge is 2.09. The van der Waals surface area contributed by atoms with Gasteiger partial charge in [0.25, 0.3) is 0 Å². The summed E-state index contributed by atoms with van der Waals surface area (Å²) < 4.78 is 15.3. The van der Waals surface area contributed by atoms with Gasteiger partial charge in [-0.1, -0.05) is 11.6 Å². The molecule has 2 aromatic rings. The second kappa shape index (κ2) is 4.39. The standard InChI is InChI=1S/C9H7BrClFN4/c10-8-14-9(13)15-16(8)4-5-3-6(11)1-2-7(5)12/h1-3H,4H2,(H2,13,15). The molecule has 16 heavy (non-hydrogen) atoms. The van der Waals surface area contributed by atoms with E-state index < -0.39 is 0 Å². The van der Waals surface area contributed by atoms with Crippen LogP contribution in [-0.2, 0) is 6.54 Å². The Bertz CT molecular complexity index is 528. The van der Waals surface area contributed by atoms with Gasteiger partial charge in [0.05, 0.1) is 6.54 Å². The molecule has 0 aliphatic rings. The van der Waals surface area contributed by atoms with E-state index in [0.717, 1.165) is 0 Å². The van der Waals surface area contributed by atoms with Crippen LogP contribution in [-0.4, -0.2) is 14.8 Å². The number of hydrogen-bond acceptors (Lipinski definition) is 3. The van der Waals surface area contributed by atoms with Gasteiger partial charge in [0.1, 0.15) is 5.82 Å². The Labute approximate surface area is 104 Å². The molecule has 84 valence electrons. The first-order valence-electron chi connectivity index (χ1n) is 4.36. The lowest BCUT2D eigenvalue weighted by atomic mass is 10.2. The number of nitrogens with two attached hydrogens (primary N) is 1. The molecule has 0 aliphatic heterocycles. The smallest absolute Gasteiger partial charge is 0.240 e. The molecule has 4 nitrogen and oxygen atoms in total. The summed E-state index contributed by atoms with van der Waals surface area (Å²) >= 11 is 8.95. The third-order valence-corrected chi connectivity index (χ3v) is 2.79. The van der Waals surface area contributed by atoms with E-state index in [4.69, 9.17) is 17.3 Å². The Morgan fingerprint density at radius 2 is 2.25 bits per heavy atom. The van der Waals surface area contributed by atoms with Gasteiger partial charge in [-0.25, -0.2) is 9.07 Å². The average Bonchev–Trinajstić information content (AvgIpc) is 2.51. The molecule has 0 atom stereocenters. The molecule has 0 amide bonds. The van der Waals surface area contributed by atoms with Gasteiger partial charge in [-0.15, -0.1) is 5.10 Å². The van der Waals surface area contributed by atoms with Gasteiger partial charge in [-0.05, 0) is 34.1 Å². The van der Waals surface area contributed by atoms with Gasteiger partial charge in [-0.3, -0.25) is 0 Å². The van der Waals surface area contributed by atoms with Crippen LogP contribution in [0.25, 0.3) is 0 Å². The number of benzene rings is 1. The second-order valence-electron chi connectivity index (χ2n) is 3.13. The molecule has 0 radical (unpaired) electrons. The summed E-state index contributed by atoms with van der Waals surface area (Å²) in [5.41, 5.74) is 5.84. The molecule has 1 aromatic heterocycles. The van der Waals surface area contributed by atoms with Crippen LogP contribution >= 0.6 is 27.5 Å². The topological polar surface area (TPSA) is 56.7 Å². The predicted octanol–water partition coefficient (Wildman–Crippen LogP) is 2.46. The van der Waals surface area contributed by atoms with Crippen LogP contribution < -0.4 is 5.73 Å². The van der Waals surface area contributed by atoms with Crippen molar-refractivity contribution in [3.8, 4) is 0 Å². The predicted molar refractivity (Wildman–Crippen MR) is 62.6 cm³/mol. The number of aromatic nitrogens is 3.